The Morgan fingerprint density at radius 2 is 1.59 bits per heavy atom. The molecule has 3 aromatic rings. The highest BCUT2D eigenvalue weighted by Crippen LogP contribution is 2.60. The van der Waals surface area contributed by atoms with Gasteiger partial charge in [0.05, 0.1) is 23.0 Å². The molecule has 2 aromatic carbocycles. The molecule has 4 saturated carbocycles. The first-order valence-electron chi connectivity index (χ1n) is 12.9. The molecule has 0 saturated heterocycles. The first-order chi connectivity index (χ1) is 18.0. The van der Waals surface area contributed by atoms with Gasteiger partial charge in [0.2, 0.25) is 11.8 Å². The molecule has 0 spiro atoms. The highest BCUT2D eigenvalue weighted by atomic mass is 35.5. The average molecular weight is 536 g/mol. The Balaban J connectivity index is 1.19. The molecule has 9 heteroatoms. The first kappa shape index (κ1) is 24.5. The van der Waals surface area contributed by atoms with Gasteiger partial charge in [-0.25, -0.2) is 0 Å². The smallest absolute Gasteiger partial charge is 0.234 e. The Bertz CT molecular complexity index is 1280. The van der Waals surface area contributed by atoms with Crippen molar-refractivity contribution in [3.05, 3.63) is 65.4 Å². The SMILES string of the molecule is O=C(CSc1nnc(CNC(=O)C23CC4CC(CC(C4)C2)C3)n1-c1ccccc1Cl)Nc1ccccc1. The molecule has 7 nitrogen and oxygen atoms in total. The van der Waals surface area contributed by atoms with Crippen LogP contribution < -0.4 is 10.6 Å². The summed E-state index contributed by atoms with van der Waals surface area (Å²) in [6, 6.07) is 16.8. The lowest BCUT2D eigenvalue weighted by Crippen LogP contribution is -2.53. The monoisotopic (exact) mass is 535 g/mol. The van der Waals surface area contributed by atoms with E-state index in [4.69, 9.17) is 11.6 Å². The third kappa shape index (κ3) is 5.01. The number of anilines is 1. The maximum absolute atomic E-state index is 13.5. The molecule has 37 heavy (non-hydrogen) atoms. The van der Waals surface area contributed by atoms with E-state index in [-0.39, 0.29) is 29.5 Å². The molecule has 0 radical (unpaired) electrons. The van der Waals surface area contributed by atoms with E-state index in [0.29, 0.717) is 33.8 Å². The number of nitrogens with one attached hydrogen (secondary N) is 2. The quantitative estimate of drug-likeness (QED) is 0.373. The summed E-state index contributed by atoms with van der Waals surface area (Å²) in [5.74, 6) is 2.88. The molecule has 4 aliphatic rings. The van der Waals surface area contributed by atoms with Gasteiger partial charge < -0.3 is 10.6 Å². The Morgan fingerprint density at radius 3 is 2.27 bits per heavy atom. The van der Waals surface area contributed by atoms with E-state index >= 15 is 0 Å². The van der Waals surface area contributed by atoms with Crippen molar-refractivity contribution < 1.29 is 9.59 Å². The molecule has 1 heterocycles. The summed E-state index contributed by atoms with van der Waals surface area (Å²) in [4.78, 5) is 26.1. The molecule has 4 bridgehead atoms. The Morgan fingerprint density at radius 1 is 0.946 bits per heavy atom. The molecular weight excluding hydrogens is 506 g/mol. The molecule has 0 unspecified atom stereocenters. The van der Waals surface area contributed by atoms with E-state index < -0.39 is 0 Å². The number of hydrogen-bond donors (Lipinski definition) is 2. The van der Waals surface area contributed by atoms with Crippen LogP contribution in [0.2, 0.25) is 5.02 Å². The summed E-state index contributed by atoms with van der Waals surface area (Å²) < 4.78 is 1.85. The molecular formula is C28H30ClN5O2S. The van der Waals surface area contributed by atoms with Crippen molar-refractivity contribution in [3.8, 4) is 5.69 Å². The fourth-order valence-electron chi connectivity index (χ4n) is 6.97. The molecule has 4 aliphatic carbocycles. The van der Waals surface area contributed by atoms with Crippen LogP contribution >= 0.6 is 23.4 Å². The number of carbonyl (C=O) groups is 2. The van der Waals surface area contributed by atoms with E-state index in [9.17, 15) is 9.59 Å². The minimum absolute atomic E-state index is 0.137. The Kier molecular flexibility index (Phi) is 6.71. The minimum Gasteiger partial charge on any atom is -0.348 e. The first-order valence-corrected chi connectivity index (χ1v) is 14.3. The van der Waals surface area contributed by atoms with Crippen LogP contribution in [0, 0.1) is 23.2 Å². The van der Waals surface area contributed by atoms with Crippen LogP contribution in [-0.4, -0.2) is 32.3 Å². The van der Waals surface area contributed by atoms with Gasteiger partial charge in [0.15, 0.2) is 11.0 Å². The van der Waals surface area contributed by atoms with Crippen LogP contribution in [0.4, 0.5) is 5.69 Å². The largest absolute Gasteiger partial charge is 0.348 e. The standard InChI is InChI=1S/C28H30ClN5O2S/c29-22-8-4-5-9-23(22)34-24(32-33-27(34)37-17-25(35)31-21-6-2-1-3-7-21)16-30-26(36)28-13-18-10-19(14-28)12-20(11-18)15-28/h1-9,18-20H,10-17H2,(H,30,36)(H,31,35). The van der Waals surface area contributed by atoms with Crippen molar-refractivity contribution in [2.24, 2.45) is 23.2 Å². The topological polar surface area (TPSA) is 88.9 Å². The lowest BCUT2D eigenvalue weighted by Gasteiger charge is -2.55. The third-order valence-electron chi connectivity index (χ3n) is 8.11. The van der Waals surface area contributed by atoms with Crippen LogP contribution in [0.1, 0.15) is 44.3 Å². The van der Waals surface area contributed by atoms with Crippen molar-refractivity contribution in [2.75, 3.05) is 11.1 Å². The van der Waals surface area contributed by atoms with Crippen molar-refractivity contribution >= 4 is 40.9 Å². The number of hydrogen-bond acceptors (Lipinski definition) is 5. The number of halogens is 1. The molecule has 0 aliphatic heterocycles. The Hall–Kier alpha value is -2.84. The third-order valence-corrected chi connectivity index (χ3v) is 9.36. The fraction of sp³-hybridized carbons (Fsp3) is 0.429. The number of amides is 2. The van der Waals surface area contributed by atoms with Crippen LogP contribution in [0.3, 0.4) is 0 Å². The van der Waals surface area contributed by atoms with Crippen molar-refractivity contribution in [1.82, 2.24) is 20.1 Å². The van der Waals surface area contributed by atoms with E-state index in [2.05, 4.69) is 20.8 Å². The number of aromatic nitrogens is 3. The second-order valence-electron chi connectivity index (χ2n) is 10.8. The van der Waals surface area contributed by atoms with Crippen molar-refractivity contribution in [3.63, 3.8) is 0 Å². The van der Waals surface area contributed by atoms with Crippen molar-refractivity contribution in [2.45, 2.75) is 50.2 Å². The summed E-state index contributed by atoms with van der Waals surface area (Å²) in [5.41, 5.74) is 1.24. The van der Waals surface area contributed by atoms with Crippen LogP contribution in [0.5, 0.6) is 0 Å². The number of rotatable bonds is 8. The molecule has 4 fully saturated rings. The summed E-state index contributed by atoms with van der Waals surface area (Å²) >= 11 is 7.84. The number of carbonyl (C=O) groups excluding carboxylic acids is 2. The van der Waals surface area contributed by atoms with Gasteiger partial charge in [-0.15, -0.1) is 10.2 Å². The van der Waals surface area contributed by atoms with Gasteiger partial charge in [-0.3, -0.25) is 14.2 Å². The van der Waals surface area contributed by atoms with Crippen molar-refractivity contribution in [1.29, 1.82) is 0 Å². The average Bonchev–Trinajstić information content (AvgIpc) is 3.28. The molecule has 2 N–H and O–H groups in total. The van der Waals surface area contributed by atoms with E-state index in [1.807, 2.05) is 59.2 Å². The molecule has 2 amide bonds. The predicted molar refractivity (Wildman–Crippen MR) is 145 cm³/mol. The van der Waals surface area contributed by atoms with E-state index in [0.717, 1.165) is 30.6 Å². The lowest BCUT2D eigenvalue weighted by molar-refractivity contribution is -0.146. The number of para-hydroxylation sites is 2. The number of thioether (sulfide) groups is 1. The zero-order valence-corrected chi connectivity index (χ0v) is 22.1. The number of nitrogens with zero attached hydrogens (tertiary/aromatic N) is 3. The zero-order chi connectivity index (χ0) is 25.4. The highest BCUT2D eigenvalue weighted by molar-refractivity contribution is 7.99. The molecule has 7 rings (SSSR count). The maximum Gasteiger partial charge on any atom is 0.234 e. The van der Waals surface area contributed by atoms with Gasteiger partial charge in [0, 0.05) is 11.1 Å². The van der Waals surface area contributed by atoms with Gasteiger partial charge in [0.25, 0.3) is 0 Å². The lowest BCUT2D eigenvalue weighted by atomic mass is 9.49. The van der Waals surface area contributed by atoms with Crippen LogP contribution in [0.15, 0.2) is 59.8 Å². The summed E-state index contributed by atoms with van der Waals surface area (Å²) in [6.45, 7) is 0.260. The zero-order valence-electron chi connectivity index (χ0n) is 20.5. The molecule has 1 aromatic heterocycles. The van der Waals surface area contributed by atoms with Gasteiger partial charge >= 0.3 is 0 Å². The predicted octanol–water partition coefficient (Wildman–Crippen LogP) is 5.48. The minimum atomic E-state index is -0.225. The number of benzene rings is 2. The van der Waals surface area contributed by atoms with Crippen LogP contribution in [-0.2, 0) is 16.1 Å². The molecule has 0 atom stereocenters. The second kappa shape index (κ2) is 10.1. The maximum atomic E-state index is 13.5. The van der Waals surface area contributed by atoms with E-state index in [1.54, 1.807) is 0 Å². The summed E-state index contributed by atoms with van der Waals surface area (Å²) in [5, 5.41) is 16.0. The highest BCUT2D eigenvalue weighted by Gasteiger charge is 2.54. The molecule has 192 valence electrons. The van der Waals surface area contributed by atoms with Gasteiger partial charge in [-0.1, -0.05) is 53.7 Å². The van der Waals surface area contributed by atoms with Gasteiger partial charge in [0.1, 0.15) is 0 Å². The fourth-order valence-corrected chi connectivity index (χ4v) is 7.95. The van der Waals surface area contributed by atoms with Crippen LogP contribution in [0.25, 0.3) is 5.69 Å². The summed E-state index contributed by atoms with van der Waals surface area (Å²) in [7, 11) is 0. The van der Waals surface area contributed by atoms with E-state index in [1.165, 1.54) is 31.0 Å². The normalized spacial score (nSPS) is 25.7. The Labute approximate surface area is 225 Å². The summed E-state index contributed by atoms with van der Waals surface area (Å²) in [6.07, 6.45) is 6.93. The van der Waals surface area contributed by atoms with Gasteiger partial charge in [-0.2, -0.15) is 0 Å². The van der Waals surface area contributed by atoms with Gasteiger partial charge in [-0.05, 0) is 80.5 Å². The second-order valence-corrected chi connectivity index (χ2v) is 12.1.